The van der Waals surface area contributed by atoms with Crippen LogP contribution in [0.15, 0.2) is 25.8 Å². The summed E-state index contributed by atoms with van der Waals surface area (Å²) in [5.41, 5.74) is 15.0. The van der Waals surface area contributed by atoms with Crippen LogP contribution in [-0.4, -0.2) is 176 Å². The van der Waals surface area contributed by atoms with E-state index in [-0.39, 0.29) is 86.7 Å². The number of sulfonamides is 2. The molecule has 1 heterocycles. The quantitative estimate of drug-likeness (QED) is 0.0140. The van der Waals surface area contributed by atoms with Gasteiger partial charge in [0.25, 0.3) is 20.0 Å². The zero-order valence-electron chi connectivity index (χ0n) is 70.5. The van der Waals surface area contributed by atoms with Gasteiger partial charge in [-0.2, -0.15) is 0 Å². The highest BCUT2D eigenvalue weighted by Gasteiger charge is 2.37. The molecule has 8 amide bonds. The third-order valence-electron chi connectivity index (χ3n) is 19.9. The summed E-state index contributed by atoms with van der Waals surface area (Å²) < 4.78 is 82.5. The Kier molecular flexibility index (Phi) is 40.5. The van der Waals surface area contributed by atoms with Gasteiger partial charge in [0.2, 0.25) is 53.3 Å². The maximum atomic E-state index is 15.0. The van der Waals surface area contributed by atoms with E-state index < -0.39 is 170 Å². The fourth-order valence-electron chi connectivity index (χ4n) is 13.0. The zero-order valence-corrected chi connectivity index (χ0v) is 72.1. The number of Topliss-reactive ketones (excluding diaryl/α,β-unsaturated/α-hetero) is 1. The number of hydrogen-bond acceptors (Lipinski definition) is 20. The van der Waals surface area contributed by atoms with Gasteiger partial charge in [-0.1, -0.05) is 93.4 Å². The van der Waals surface area contributed by atoms with Crippen molar-refractivity contribution in [2.75, 3.05) is 40.4 Å². The van der Waals surface area contributed by atoms with Crippen LogP contribution >= 0.6 is 0 Å². The first-order valence-corrected chi connectivity index (χ1v) is 42.5. The first-order chi connectivity index (χ1) is 52.8. The molecule has 0 fully saturated rings. The number of aryl methyl sites for hydroxylation is 1. The second-order valence-corrected chi connectivity index (χ2v) is 34.8. The summed E-state index contributed by atoms with van der Waals surface area (Å²) in [6.45, 7) is 30.7. The highest BCUT2D eigenvalue weighted by Crippen LogP contribution is 2.42. The summed E-state index contributed by atoms with van der Waals surface area (Å²) in [6.07, 6.45) is 6.77. The molecule has 1 aliphatic rings. The molecule has 0 unspecified atom stereocenters. The molecule has 113 heavy (non-hydrogen) atoms. The summed E-state index contributed by atoms with van der Waals surface area (Å²) in [7, 11) is -5.91. The summed E-state index contributed by atoms with van der Waals surface area (Å²) in [5.74, 6) is -7.71. The number of nitrogens with two attached hydrogens (primary N) is 2. The molecule has 0 radical (unpaired) electrons. The third kappa shape index (κ3) is 32.5. The Bertz CT molecular complexity index is 3910. The standard InChI is InChI=1S/C79H132N14O18S2/c1-21-23-24-25-26-27-28-36-61(95)86-57(35-32-43-83-75(80)92-112(104,105)68-49(8)44-60(108-19)50(9)52(68)11)71(99)91-65(47(5)6)73(101)88-58(33-29-30-41-84-77(103)111-78(14,15)16)70(98)87-56(34-31-42-82-76(81)93-113(106,107)69-53(12)51(10)67-55(54(69)13)39-40-79(17,18)110-67)59(94)37-38-62(96)89-64(46(3)4)72(100)85-45-63(97)90-66(48(7)22-2)74(102)109-20/h44,46-48,56-58,64-66H,21-43,45H2,1-20H3,(H,84,103)(H,85,100)(H,86,95)(H,87,98)(H,88,101)(H,89,96)(H,90,97)(H,91,99)(H3,80,83,92)(H3,81,82,93)/t48-,56-,57-,58-,64-,65-,66-/m0/s1. The number of rotatable bonds is 47. The van der Waals surface area contributed by atoms with Crippen LogP contribution in [0.5, 0.6) is 11.5 Å². The van der Waals surface area contributed by atoms with Gasteiger partial charge in [-0.25, -0.2) is 35.9 Å². The number of alkyl carbamates (subject to hydrolysis) is 1. The average molecular weight is 1630 g/mol. The van der Waals surface area contributed by atoms with E-state index in [4.69, 9.17) is 30.4 Å². The number of benzene rings is 2. The van der Waals surface area contributed by atoms with Crippen LogP contribution in [0.25, 0.3) is 0 Å². The van der Waals surface area contributed by atoms with Crippen LogP contribution in [0.3, 0.4) is 0 Å². The molecule has 7 atom stereocenters. The molecule has 1 aliphatic heterocycles. The molecule has 0 bridgehead atoms. The number of unbranched alkanes of at least 4 members (excludes halogenated alkanes) is 7. The van der Waals surface area contributed by atoms with E-state index in [1.54, 1.807) is 103 Å². The maximum absolute atomic E-state index is 15.0. The van der Waals surface area contributed by atoms with E-state index in [1.807, 2.05) is 20.8 Å². The van der Waals surface area contributed by atoms with Crippen molar-refractivity contribution in [2.24, 2.45) is 39.2 Å². The summed E-state index contributed by atoms with van der Waals surface area (Å²) in [4.78, 5) is 147. The van der Waals surface area contributed by atoms with E-state index in [9.17, 15) is 60.0 Å². The van der Waals surface area contributed by atoms with Gasteiger partial charge in [-0.05, 0) is 203 Å². The highest BCUT2D eigenvalue weighted by atomic mass is 32.2. The number of fused-ring (bicyclic) bond motifs is 1. The molecule has 0 saturated carbocycles. The molecule has 638 valence electrons. The molecule has 0 aromatic heterocycles. The summed E-state index contributed by atoms with van der Waals surface area (Å²) >= 11 is 0. The largest absolute Gasteiger partial charge is 0.496 e. The lowest BCUT2D eigenvalue weighted by Crippen LogP contribution is -2.59. The van der Waals surface area contributed by atoms with Crippen molar-refractivity contribution in [3.05, 3.63) is 45.0 Å². The SMILES string of the molecule is CCCCCCCCCC(=O)N[C@@H](CCCN=C(N)NS(=O)(=O)c1c(C)cc(OC)c(C)c1C)C(=O)N[C@H](C(=O)N[C@@H](CCCCNC(=O)OC(C)(C)C)C(=O)N[C@@H](CCCN=C(N)NS(=O)(=O)c1c(C)c(C)c2c(c1C)CCC(C)(C)O2)C(=O)CCC(=O)N[C@H](C(=O)NCC(=O)N[C@H](C(=O)OC)[C@@H](C)CC)C(C)C)C(C)C. The summed E-state index contributed by atoms with van der Waals surface area (Å²) in [5, 5.41) is 21.5. The van der Waals surface area contributed by atoms with Crippen molar-refractivity contribution in [1.82, 2.24) is 52.0 Å². The first kappa shape index (κ1) is 98.4. The van der Waals surface area contributed by atoms with E-state index in [1.165, 1.54) is 14.2 Å². The molecule has 2 aromatic carbocycles. The lowest BCUT2D eigenvalue weighted by molar-refractivity contribution is -0.146. The zero-order chi connectivity index (χ0) is 85.5. The molecule has 0 aliphatic carbocycles. The number of methoxy groups -OCH3 is 2. The fourth-order valence-corrected chi connectivity index (χ4v) is 16.0. The molecular formula is C79H132N14O18S2. The Morgan fingerprint density at radius 2 is 1.07 bits per heavy atom. The van der Waals surface area contributed by atoms with Gasteiger partial charge < -0.3 is 72.9 Å². The molecule has 14 N–H and O–H groups in total. The number of ketones is 1. The maximum Gasteiger partial charge on any atom is 0.407 e. The number of carbonyl (C=O) groups is 10. The van der Waals surface area contributed by atoms with Gasteiger partial charge in [0.05, 0.1) is 36.6 Å². The number of nitrogens with one attached hydrogen (secondary N) is 10. The van der Waals surface area contributed by atoms with Crippen LogP contribution in [0.1, 0.15) is 244 Å². The van der Waals surface area contributed by atoms with E-state index >= 15 is 4.79 Å². The lowest BCUT2D eigenvalue weighted by atomic mass is 9.88. The van der Waals surface area contributed by atoms with Crippen molar-refractivity contribution < 1.29 is 83.7 Å². The van der Waals surface area contributed by atoms with E-state index in [2.05, 4.69) is 68.9 Å². The smallest absolute Gasteiger partial charge is 0.407 e. The van der Waals surface area contributed by atoms with Gasteiger partial charge in [0, 0.05) is 38.9 Å². The van der Waals surface area contributed by atoms with Crippen molar-refractivity contribution in [2.45, 2.75) is 310 Å². The Morgan fingerprint density at radius 1 is 0.558 bits per heavy atom. The number of carbonyl (C=O) groups excluding carboxylic acids is 10. The number of nitrogens with zero attached hydrogens (tertiary/aromatic N) is 2. The molecule has 2 aromatic rings. The molecule has 0 saturated heterocycles. The fraction of sp³-hybridized carbons (Fsp3) is 0.696. The Balaban J connectivity index is 2.04. The van der Waals surface area contributed by atoms with Crippen molar-refractivity contribution in [1.29, 1.82) is 0 Å². The molecule has 34 heteroatoms. The number of hydrogen-bond donors (Lipinski definition) is 12. The molecule has 32 nitrogen and oxygen atoms in total. The Morgan fingerprint density at radius 3 is 1.64 bits per heavy atom. The van der Waals surface area contributed by atoms with Gasteiger partial charge in [-0.3, -0.25) is 48.3 Å². The third-order valence-corrected chi connectivity index (χ3v) is 23.1. The number of guanidine groups is 2. The van der Waals surface area contributed by atoms with Crippen molar-refractivity contribution in [3.63, 3.8) is 0 Å². The predicted molar refractivity (Wildman–Crippen MR) is 434 cm³/mol. The van der Waals surface area contributed by atoms with Crippen LogP contribution < -0.4 is 72.9 Å². The average Bonchev–Trinajstić information content (AvgIpc) is 0.748. The monoisotopic (exact) mass is 1630 g/mol. The Hall–Kier alpha value is -8.82. The van der Waals surface area contributed by atoms with Gasteiger partial charge in [0.1, 0.15) is 52.9 Å². The Labute approximate surface area is 669 Å². The van der Waals surface area contributed by atoms with Crippen molar-refractivity contribution >= 4 is 91.2 Å². The number of ether oxygens (including phenoxy) is 4. The summed E-state index contributed by atoms with van der Waals surface area (Å²) in [6, 6.07) is -6.08. The van der Waals surface area contributed by atoms with Gasteiger partial charge >= 0.3 is 12.1 Å². The molecular weight excluding hydrogens is 1500 g/mol. The van der Waals surface area contributed by atoms with Gasteiger partial charge in [-0.15, -0.1) is 0 Å². The number of aliphatic imine (C=N–C) groups is 2. The van der Waals surface area contributed by atoms with Crippen LogP contribution in [0.4, 0.5) is 4.79 Å². The van der Waals surface area contributed by atoms with Crippen LogP contribution in [0.2, 0.25) is 0 Å². The number of esters is 1. The van der Waals surface area contributed by atoms with Crippen molar-refractivity contribution in [3.8, 4) is 11.5 Å². The van der Waals surface area contributed by atoms with E-state index in [0.29, 0.717) is 70.6 Å². The number of amides is 8. The highest BCUT2D eigenvalue weighted by molar-refractivity contribution is 7.90. The lowest BCUT2D eigenvalue weighted by Gasteiger charge is -2.35. The second-order valence-electron chi connectivity index (χ2n) is 31.6. The van der Waals surface area contributed by atoms with Gasteiger partial charge in [0.15, 0.2) is 5.78 Å². The topological polar surface area (TPSA) is 473 Å². The molecule has 3 rings (SSSR count). The minimum atomic E-state index is -4.34. The predicted octanol–water partition coefficient (Wildman–Crippen LogP) is 6.84. The first-order valence-electron chi connectivity index (χ1n) is 39.5. The van der Waals surface area contributed by atoms with E-state index in [0.717, 1.165) is 44.1 Å². The van der Waals surface area contributed by atoms with Crippen LogP contribution in [-0.2, 0) is 79.1 Å². The van der Waals surface area contributed by atoms with Crippen LogP contribution in [0, 0.1) is 59.3 Å². The normalized spacial score (nSPS) is 14.9. The molecule has 0 spiro atoms. The second kappa shape index (κ2) is 46.5. The minimum Gasteiger partial charge on any atom is -0.496 e. The minimum absolute atomic E-state index is 0.00162.